The summed E-state index contributed by atoms with van der Waals surface area (Å²) in [7, 11) is 0. The van der Waals surface area contributed by atoms with Crippen molar-refractivity contribution in [2.45, 2.75) is 20.0 Å². The van der Waals surface area contributed by atoms with Crippen LogP contribution in [0, 0.1) is 3.57 Å². The molecule has 1 aromatic rings. The molecule has 4 heteroatoms. The van der Waals surface area contributed by atoms with Crippen molar-refractivity contribution in [1.29, 1.82) is 0 Å². The Labute approximate surface area is 103 Å². The lowest BCUT2D eigenvalue weighted by Crippen LogP contribution is -2.20. The molecule has 0 bridgehead atoms. The standard InChI is InChI=1S/C11H14INO2/c1-8(2)15-11(14)7-13-10-5-3-4-9(12)6-10/h3-6,8,13H,7H2,1-2H3. The second-order valence-corrected chi connectivity index (χ2v) is 4.65. The average Bonchev–Trinajstić information content (AvgIpc) is 2.14. The van der Waals surface area contributed by atoms with Gasteiger partial charge in [-0.25, -0.2) is 0 Å². The summed E-state index contributed by atoms with van der Waals surface area (Å²) in [6.45, 7) is 3.88. The highest BCUT2D eigenvalue weighted by Gasteiger charge is 2.04. The van der Waals surface area contributed by atoms with E-state index in [1.807, 2.05) is 38.1 Å². The van der Waals surface area contributed by atoms with E-state index < -0.39 is 0 Å². The predicted octanol–water partition coefficient (Wildman–Crippen LogP) is 2.65. The van der Waals surface area contributed by atoms with Crippen molar-refractivity contribution in [3.8, 4) is 0 Å². The lowest BCUT2D eigenvalue weighted by atomic mass is 10.3. The molecule has 1 N–H and O–H groups in total. The summed E-state index contributed by atoms with van der Waals surface area (Å²) < 4.78 is 6.13. The molecular formula is C11H14INO2. The summed E-state index contributed by atoms with van der Waals surface area (Å²) in [5.74, 6) is -0.233. The van der Waals surface area contributed by atoms with E-state index in [1.54, 1.807) is 0 Å². The Hall–Kier alpha value is -0.780. The minimum Gasteiger partial charge on any atom is -0.462 e. The highest BCUT2D eigenvalue weighted by Crippen LogP contribution is 2.11. The maximum Gasteiger partial charge on any atom is 0.325 e. The van der Waals surface area contributed by atoms with E-state index in [0.29, 0.717) is 0 Å². The predicted molar refractivity (Wildman–Crippen MR) is 68.9 cm³/mol. The Kier molecular flexibility index (Phi) is 4.87. The lowest BCUT2D eigenvalue weighted by Gasteiger charge is -2.09. The van der Waals surface area contributed by atoms with Crippen molar-refractivity contribution in [3.05, 3.63) is 27.8 Å². The van der Waals surface area contributed by atoms with E-state index in [9.17, 15) is 4.79 Å². The minimum atomic E-state index is -0.233. The fourth-order valence-electron chi connectivity index (χ4n) is 1.08. The summed E-state index contributed by atoms with van der Waals surface area (Å²) >= 11 is 2.23. The van der Waals surface area contributed by atoms with Gasteiger partial charge >= 0.3 is 5.97 Å². The highest BCUT2D eigenvalue weighted by atomic mass is 127. The molecule has 0 aliphatic heterocycles. The summed E-state index contributed by atoms with van der Waals surface area (Å²) in [4.78, 5) is 11.2. The lowest BCUT2D eigenvalue weighted by molar-refractivity contribution is -0.145. The Morgan fingerprint density at radius 2 is 2.27 bits per heavy atom. The molecule has 0 aliphatic carbocycles. The molecule has 0 radical (unpaired) electrons. The van der Waals surface area contributed by atoms with Crippen LogP contribution in [-0.4, -0.2) is 18.6 Å². The van der Waals surface area contributed by atoms with Crippen LogP contribution in [0.2, 0.25) is 0 Å². The molecule has 3 nitrogen and oxygen atoms in total. The maximum atomic E-state index is 11.2. The van der Waals surface area contributed by atoms with Crippen LogP contribution in [0.5, 0.6) is 0 Å². The van der Waals surface area contributed by atoms with Crippen molar-refractivity contribution in [2.24, 2.45) is 0 Å². The van der Waals surface area contributed by atoms with Gasteiger partial charge in [0.25, 0.3) is 0 Å². The van der Waals surface area contributed by atoms with Crippen molar-refractivity contribution in [1.82, 2.24) is 0 Å². The second kappa shape index (κ2) is 5.95. The quantitative estimate of drug-likeness (QED) is 0.685. The molecule has 0 saturated carbocycles. The van der Waals surface area contributed by atoms with Crippen molar-refractivity contribution in [2.75, 3.05) is 11.9 Å². The number of anilines is 1. The fraction of sp³-hybridized carbons (Fsp3) is 0.364. The maximum absolute atomic E-state index is 11.2. The van der Waals surface area contributed by atoms with Gasteiger partial charge in [-0.15, -0.1) is 0 Å². The zero-order chi connectivity index (χ0) is 11.3. The van der Waals surface area contributed by atoms with Gasteiger partial charge in [0.1, 0.15) is 6.54 Å². The molecule has 0 amide bonds. The first-order chi connectivity index (χ1) is 7.08. The number of carbonyl (C=O) groups is 1. The zero-order valence-corrected chi connectivity index (χ0v) is 10.9. The Bertz CT molecular complexity index is 339. The fourth-order valence-corrected chi connectivity index (χ4v) is 1.62. The number of carbonyl (C=O) groups excluding carboxylic acids is 1. The SMILES string of the molecule is CC(C)OC(=O)CNc1cccc(I)c1. The van der Waals surface area contributed by atoms with Crippen LogP contribution >= 0.6 is 22.6 Å². The number of hydrogen-bond acceptors (Lipinski definition) is 3. The van der Waals surface area contributed by atoms with Crippen LogP contribution in [0.15, 0.2) is 24.3 Å². The first-order valence-electron chi connectivity index (χ1n) is 4.77. The Morgan fingerprint density at radius 1 is 1.53 bits per heavy atom. The first kappa shape index (κ1) is 12.3. The summed E-state index contributed by atoms with van der Waals surface area (Å²) in [5.41, 5.74) is 0.933. The number of benzene rings is 1. The number of halogens is 1. The summed E-state index contributed by atoms with van der Waals surface area (Å²) in [6.07, 6.45) is -0.0600. The third kappa shape index (κ3) is 5.01. The number of hydrogen-bond donors (Lipinski definition) is 1. The number of ether oxygens (including phenoxy) is 1. The van der Waals surface area contributed by atoms with Gasteiger partial charge in [-0.3, -0.25) is 4.79 Å². The Balaban J connectivity index is 2.40. The summed E-state index contributed by atoms with van der Waals surface area (Å²) in [6, 6.07) is 7.84. The molecule has 0 aliphatic rings. The van der Waals surface area contributed by atoms with E-state index in [-0.39, 0.29) is 18.6 Å². The largest absolute Gasteiger partial charge is 0.462 e. The number of nitrogens with one attached hydrogen (secondary N) is 1. The van der Waals surface area contributed by atoms with Crippen LogP contribution in [0.1, 0.15) is 13.8 Å². The van der Waals surface area contributed by atoms with Crippen molar-refractivity contribution >= 4 is 34.2 Å². The smallest absolute Gasteiger partial charge is 0.325 e. The van der Waals surface area contributed by atoms with Gasteiger partial charge < -0.3 is 10.1 Å². The van der Waals surface area contributed by atoms with Gasteiger partial charge in [0.05, 0.1) is 6.10 Å². The van der Waals surface area contributed by atoms with Crippen LogP contribution in [0.3, 0.4) is 0 Å². The molecule has 0 saturated heterocycles. The van der Waals surface area contributed by atoms with E-state index in [2.05, 4.69) is 27.9 Å². The van der Waals surface area contributed by atoms with Gasteiger partial charge in [0.2, 0.25) is 0 Å². The molecule has 15 heavy (non-hydrogen) atoms. The van der Waals surface area contributed by atoms with E-state index in [0.717, 1.165) is 9.26 Å². The second-order valence-electron chi connectivity index (χ2n) is 3.40. The van der Waals surface area contributed by atoms with E-state index >= 15 is 0 Å². The molecule has 0 fully saturated rings. The third-order valence-electron chi connectivity index (χ3n) is 1.63. The van der Waals surface area contributed by atoms with Crippen LogP contribution in [-0.2, 0) is 9.53 Å². The molecule has 0 aromatic heterocycles. The van der Waals surface area contributed by atoms with Crippen LogP contribution in [0.25, 0.3) is 0 Å². The summed E-state index contributed by atoms with van der Waals surface area (Å²) in [5, 5.41) is 3.01. The third-order valence-corrected chi connectivity index (χ3v) is 2.30. The van der Waals surface area contributed by atoms with Gasteiger partial charge in [-0.2, -0.15) is 0 Å². The molecular weight excluding hydrogens is 305 g/mol. The molecule has 0 unspecified atom stereocenters. The van der Waals surface area contributed by atoms with Crippen molar-refractivity contribution in [3.63, 3.8) is 0 Å². The molecule has 0 spiro atoms. The van der Waals surface area contributed by atoms with Crippen LogP contribution < -0.4 is 5.32 Å². The van der Waals surface area contributed by atoms with E-state index in [4.69, 9.17) is 4.74 Å². The Morgan fingerprint density at radius 3 is 2.87 bits per heavy atom. The molecule has 1 aromatic carbocycles. The molecule has 1 rings (SSSR count). The van der Waals surface area contributed by atoms with E-state index in [1.165, 1.54) is 0 Å². The van der Waals surface area contributed by atoms with Gasteiger partial charge in [-0.05, 0) is 54.6 Å². The number of rotatable bonds is 4. The molecule has 0 atom stereocenters. The van der Waals surface area contributed by atoms with Crippen LogP contribution in [0.4, 0.5) is 5.69 Å². The topological polar surface area (TPSA) is 38.3 Å². The molecule has 0 heterocycles. The van der Waals surface area contributed by atoms with Crippen molar-refractivity contribution < 1.29 is 9.53 Å². The van der Waals surface area contributed by atoms with Gasteiger partial charge in [0.15, 0.2) is 0 Å². The highest BCUT2D eigenvalue weighted by molar-refractivity contribution is 14.1. The number of esters is 1. The normalized spacial score (nSPS) is 10.1. The monoisotopic (exact) mass is 319 g/mol. The van der Waals surface area contributed by atoms with Gasteiger partial charge in [0, 0.05) is 9.26 Å². The first-order valence-corrected chi connectivity index (χ1v) is 5.84. The van der Waals surface area contributed by atoms with Gasteiger partial charge in [-0.1, -0.05) is 6.07 Å². The zero-order valence-electron chi connectivity index (χ0n) is 8.79. The average molecular weight is 319 g/mol. The minimum absolute atomic E-state index is 0.0600. The molecule has 82 valence electrons.